The first-order chi connectivity index (χ1) is 8.65. The highest BCUT2D eigenvalue weighted by atomic mass is 16.3. The monoisotopic (exact) mass is 252 g/mol. The van der Waals surface area contributed by atoms with Crippen molar-refractivity contribution in [1.82, 2.24) is 10.2 Å². The first kappa shape index (κ1) is 13.1. The van der Waals surface area contributed by atoms with E-state index in [1.807, 2.05) is 17.9 Å². The summed E-state index contributed by atoms with van der Waals surface area (Å²) >= 11 is 0. The van der Waals surface area contributed by atoms with Crippen molar-refractivity contribution in [3.05, 3.63) is 24.2 Å². The highest BCUT2D eigenvalue weighted by Gasteiger charge is 2.20. The molecule has 0 saturated carbocycles. The molecule has 5 heteroatoms. The van der Waals surface area contributed by atoms with Crippen LogP contribution in [0.1, 0.15) is 31.6 Å². The molecule has 100 valence electrons. The Morgan fingerprint density at radius 1 is 1.72 bits per heavy atom. The van der Waals surface area contributed by atoms with Crippen LogP contribution in [0.4, 0.5) is 0 Å². The molecule has 0 radical (unpaired) electrons. The van der Waals surface area contributed by atoms with Crippen molar-refractivity contribution in [3.8, 4) is 0 Å². The van der Waals surface area contributed by atoms with Gasteiger partial charge in [0.25, 0.3) is 0 Å². The van der Waals surface area contributed by atoms with E-state index in [0.29, 0.717) is 13.1 Å². The molecule has 1 aliphatic heterocycles. The van der Waals surface area contributed by atoms with E-state index in [4.69, 9.17) is 4.42 Å². The van der Waals surface area contributed by atoms with Gasteiger partial charge < -0.3 is 14.8 Å². The van der Waals surface area contributed by atoms with Crippen molar-refractivity contribution in [2.45, 2.75) is 31.9 Å². The molecular weight excluding hydrogens is 232 g/mol. The number of aliphatic hydroxyl groups excluding tert-OH is 1. The van der Waals surface area contributed by atoms with Crippen molar-refractivity contribution >= 4 is 5.91 Å². The maximum absolute atomic E-state index is 11.8. The number of hydrogen-bond donors (Lipinski definition) is 2. The highest BCUT2D eigenvalue weighted by molar-refractivity contribution is 5.78. The molecule has 2 atom stereocenters. The van der Waals surface area contributed by atoms with Crippen LogP contribution in [-0.2, 0) is 4.79 Å². The number of amides is 1. The lowest BCUT2D eigenvalue weighted by atomic mass is 10.1. The van der Waals surface area contributed by atoms with Gasteiger partial charge in [-0.05, 0) is 38.4 Å². The van der Waals surface area contributed by atoms with Gasteiger partial charge in [-0.25, -0.2) is 0 Å². The second-order valence-corrected chi connectivity index (χ2v) is 4.84. The average Bonchev–Trinajstić information content (AvgIpc) is 2.81. The van der Waals surface area contributed by atoms with E-state index in [9.17, 15) is 9.90 Å². The third kappa shape index (κ3) is 3.58. The number of nitrogens with zero attached hydrogens (tertiary/aromatic N) is 1. The lowest BCUT2D eigenvalue weighted by Crippen LogP contribution is -2.44. The molecule has 1 fully saturated rings. The molecule has 2 unspecified atom stereocenters. The molecule has 5 nitrogen and oxygen atoms in total. The van der Waals surface area contributed by atoms with E-state index in [2.05, 4.69) is 5.32 Å². The van der Waals surface area contributed by atoms with Crippen LogP contribution < -0.4 is 5.32 Å². The van der Waals surface area contributed by atoms with Crippen LogP contribution in [0.15, 0.2) is 22.8 Å². The lowest BCUT2D eigenvalue weighted by molar-refractivity contribution is -0.123. The van der Waals surface area contributed by atoms with E-state index in [1.165, 1.54) is 0 Å². The second kappa shape index (κ2) is 6.02. The Balaban J connectivity index is 1.78. The third-order valence-corrected chi connectivity index (χ3v) is 3.20. The zero-order chi connectivity index (χ0) is 13.0. The molecule has 1 amide bonds. The summed E-state index contributed by atoms with van der Waals surface area (Å²) in [6.45, 7) is 3.69. The number of β-amino-alcohol motifs (C(OH)–C–C–N with tert-alkyl or cyclic N) is 1. The zero-order valence-electron chi connectivity index (χ0n) is 10.6. The molecule has 1 aliphatic rings. The summed E-state index contributed by atoms with van der Waals surface area (Å²) in [4.78, 5) is 13.8. The largest absolute Gasteiger partial charge is 0.467 e. The normalized spacial score (nSPS) is 22.7. The third-order valence-electron chi connectivity index (χ3n) is 3.20. The predicted octanol–water partition coefficient (Wildman–Crippen LogP) is 0.913. The van der Waals surface area contributed by atoms with Gasteiger partial charge in [-0.1, -0.05) is 0 Å². The lowest BCUT2D eigenvalue weighted by Gasteiger charge is -2.29. The minimum atomic E-state index is -0.297. The quantitative estimate of drug-likeness (QED) is 0.836. The number of rotatable bonds is 4. The van der Waals surface area contributed by atoms with Crippen LogP contribution in [-0.4, -0.2) is 41.7 Å². The van der Waals surface area contributed by atoms with Crippen LogP contribution in [0.2, 0.25) is 0 Å². The van der Waals surface area contributed by atoms with Crippen LogP contribution in [0.3, 0.4) is 0 Å². The summed E-state index contributed by atoms with van der Waals surface area (Å²) in [7, 11) is 0. The van der Waals surface area contributed by atoms with E-state index in [-0.39, 0.29) is 18.1 Å². The van der Waals surface area contributed by atoms with Crippen LogP contribution in [0, 0.1) is 0 Å². The number of carbonyl (C=O) groups excluding carboxylic acids is 1. The summed E-state index contributed by atoms with van der Waals surface area (Å²) in [5.74, 6) is 0.718. The maximum Gasteiger partial charge on any atom is 0.234 e. The summed E-state index contributed by atoms with van der Waals surface area (Å²) in [5, 5.41) is 12.4. The van der Waals surface area contributed by atoms with Gasteiger partial charge in [-0.15, -0.1) is 0 Å². The smallest absolute Gasteiger partial charge is 0.234 e. The van der Waals surface area contributed by atoms with E-state index in [1.54, 1.807) is 12.3 Å². The molecule has 0 bridgehead atoms. The molecule has 1 aromatic rings. The Kier molecular flexibility index (Phi) is 4.38. The maximum atomic E-state index is 11.8. The Bertz CT molecular complexity index is 378. The topological polar surface area (TPSA) is 65.7 Å². The van der Waals surface area contributed by atoms with Gasteiger partial charge in [0.2, 0.25) is 5.91 Å². The number of furan rings is 1. The first-order valence-electron chi connectivity index (χ1n) is 6.38. The summed E-state index contributed by atoms with van der Waals surface area (Å²) in [5.41, 5.74) is 0. The fourth-order valence-electron chi connectivity index (χ4n) is 2.27. The number of likely N-dealkylation sites (tertiary alicyclic amines) is 1. The van der Waals surface area contributed by atoms with E-state index >= 15 is 0 Å². The Labute approximate surface area is 107 Å². The molecule has 0 aromatic carbocycles. The van der Waals surface area contributed by atoms with Gasteiger partial charge in [0.05, 0.1) is 25.0 Å². The van der Waals surface area contributed by atoms with Crippen molar-refractivity contribution in [1.29, 1.82) is 0 Å². The Hall–Kier alpha value is -1.33. The van der Waals surface area contributed by atoms with Gasteiger partial charge in [0.1, 0.15) is 5.76 Å². The fourth-order valence-corrected chi connectivity index (χ4v) is 2.27. The summed E-state index contributed by atoms with van der Waals surface area (Å²) in [6, 6.07) is 3.52. The number of aliphatic hydroxyl groups is 1. The molecular formula is C13H20N2O3. The fraction of sp³-hybridized carbons (Fsp3) is 0.615. The molecule has 1 saturated heterocycles. The first-order valence-corrected chi connectivity index (χ1v) is 6.38. The molecule has 1 aromatic heterocycles. The van der Waals surface area contributed by atoms with Crippen molar-refractivity contribution in [2.75, 3.05) is 19.6 Å². The van der Waals surface area contributed by atoms with Gasteiger partial charge in [-0.3, -0.25) is 9.69 Å². The molecule has 0 aliphatic carbocycles. The van der Waals surface area contributed by atoms with Crippen molar-refractivity contribution < 1.29 is 14.3 Å². The number of carbonyl (C=O) groups is 1. The van der Waals surface area contributed by atoms with Crippen LogP contribution in [0.5, 0.6) is 0 Å². The molecule has 2 heterocycles. The highest BCUT2D eigenvalue weighted by Crippen LogP contribution is 2.13. The molecule has 2 rings (SSSR count). The second-order valence-electron chi connectivity index (χ2n) is 4.84. The van der Waals surface area contributed by atoms with Gasteiger partial charge in [0.15, 0.2) is 0 Å². The minimum Gasteiger partial charge on any atom is -0.467 e. The average molecular weight is 252 g/mol. The summed E-state index contributed by atoms with van der Waals surface area (Å²) < 4.78 is 5.23. The van der Waals surface area contributed by atoms with Crippen molar-refractivity contribution in [3.63, 3.8) is 0 Å². The zero-order valence-corrected chi connectivity index (χ0v) is 10.6. The summed E-state index contributed by atoms with van der Waals surface area (Å²) in [6.07, 6.45) is 3.08. The van der Waals surface area contributed by atoms with Crippen LogP contribution >= 0.6 is 0 Å². The minimum absolute atomic E-state index is 0.0343. The van der Waals surface area contributed by atoms with Gasteiger partial charge in [0, 0.05) is 6.54 Å². The molecule has 0 spiro atoms. The SMILES string of the molecule is CC(NC(=O)CN1CCCC(O)C1)c1ccco1. The van der Waals surface area contributed by atoms with E-state index in [0.717, 1.165) is 25.1 Å². The van der Waals surface area contributed by atoms with Crippen LogP contribution in [0.25, 0.3) is 0 Å². The van der Waals surface area contributed by atoms with E-state index < -0.39 is 0 Å². The number of hydrogen-bond acceptors (Lipinski definition) is 4. The van der Waals surface area contributed by atoms with Gasteiger partial charge in [-0.2, -0.15) is 0 Å². The molecule has 18 heavy (non-hydrogen) atoms. The number of nitrogens with one attached hydrogen (secondary N) is 1. The standard InChI is InChI=1S/C13H20N2O3/c1-10(12-5-3-7-18-12)14-13(17)9-15-6-2-4-11(16)8-15/h3,5,7,10-11,16H,2,4,6,8-9H2,1H3,(H,14,17). The molecule has 2 N–H and O–H groups in total. The Morgan fingerprint density at radius 2 is 2.56 bits per heavy atom. The number of piperidine rings is 1. The van der Waals surface area contributed by atoms with Crippen molar-refractivity contribution in [2.24, 2.45) is 0 Å². The Morgan fingerprint density at radius 3 is 3.22 bits per heavy atom. The predicted molar refractivity (Wildman–Crippen MR) is 66.9 cm³/mol. The van der Waals surface area contributed by atoms with Gasteiger partial charge >= 0.3 is 0 Å².